The number of Topliss-reactive ketones (excluding diaryl/α,β-unsaturated/α-hetero) is 1. The number of amides is 1. The van der Waals surface area contributed by atoms with Gasteiger partial charge in [0.05, 0.1) is 36.5 Å². The number of nitro benzene ring substituents is 1. The fourth-order valence-corrected chi connectivity index (χ4v) is 5.08. The highest BCUT2D eigenvalue weighted by Crippen LogP contribution is 2.44. The number of carbonyl (C=O) groups is 3. The number of methoxy groups -OCH3 is 2. The summed E-state index contributed by atoms with van der Waals surface area (Å²) >= 11 is 0.857. The molecule has 2 heterocycles. The lowest BCUT2D eigenvalue weighted by atomic mass is 9.94. The van der Waals surface area contributed by atoms with Gasteiger partial charge in [-0.3, -0.25) is 24.6 Å². The molecule has 1 saturated heterocycles. The van der Waals surface area contributed by atoms with Gasteiger partial charge in [0.25, 0.3) is 11.5 Å². The van der Waals surface area contributed by atoms with Crippen LogP contribution in [0.4, 0.5) is 10.8 Å². The number of hydrogen-bond donors (Lipinski definition) is 1. The molecule has 4 rings (SSSR count). The summed E-state index contributed by atoms with van der Waals surface area (Å²) in [7, 11) is 2.71. The van der Waals surface area contributed by atoms with Crippen molar-refractivity contribution >= 4 is 45.6 Å². The van der Waals surface area contributed by atoms with Crippen LogP contribution < -0.4 is 9.64 Å². The quantitative estimate of drug-likeness (QED) is 0.126. The number of carbonyl (C=O) groups excluding carboxylic acids is 3. The zero-order chi connectivity index (χ0) is 27.0. The molecule has 1 aliphatic rings. The van der Waals surface area contributed by atoms with E-state index in [0.717, 1.165) is 16.2 Å². The second-order valence-corrected chi connectivity index (χ2v) is 9.08. The Balaban J connectivity index is 1.94. The van der Waals surface area contributed by atoms with Crippen molar-refractivity contribution in [1.82, 2.24) is 4.98 Å². The summed E-state index contributed by atoms with van der Waals surface area (Å²) < 4.78 is 10.0. The van der Waals surface area contributed by atoms with Crippen molar-refractivity contribution in [2.45, 2.75) is 19.9 Å². The van der Waals surface area contributed by atoms with Gasteiger partial charge >= 0.3 is 11.9 Å². The molecule has 1 aromatic heterocycles. The van der Waals surface area contributed by atoms with Gasteiger partial charge in [0.2, 0.25) is 0 Å². The number of aliphatic hydroxyl groups is 1. The number of ether oxygens (including phenoxy) is 2. The molecule has 1 fully saturated rings. The summed E-state index contributed by atoms with van der Waals surface area (Å²) in [6.07, 6.45) is 0. The Kier molecular flexibility index (Phi) is 6.77. The number of esters is 1. The van der Waals surface area contributed by atoms with Gasteiger partial charge in [-0.2, -0.15) is 0 Å². The minimum absolute atomic E-state index is 0.0355. The maximum atomic E-state index is 13.3. The van der Waals surface area contributed by atoms with Crippen LogP contribution in [0.5, 0.6) is 5.75 Å². The number of ketones is 1. The van der Waals surface area contributed by atoms with E-state index >= 15 is 0 Å². The van der Waals surface area contributed by atoms with Crippen molar-refractivity contribution in [3.8, 4) is 5.75 Å². The van der Waals surface area contributed by atoms with E-state index in [4.69, 9.17) is 9.47 Å². The first-order valence-corrected chi connectivity index (χ1v) is 11.7. The highest BCUT2D eigenvalue weighted by atomic mass is 32.1. The van der Waals surface area contributed by atoms with Gasteiger partial charge in [-0.25, -0.2) is 9.78 Å². The van der Waals surface area contributed by atoms with E-state index in [2.05, 4.69) is 4.98 Å². The molecule has 0 bridgehead atoms. The monoisotopic (exact) mass is 523 g/mol. The number of rotatable bonds is 6. The van der Waals surface area contributed by atoms with E-state index in [1.807, 2.05) is 0 Å². The molecule has 1 amide bonds. The standard InChI is InChI=1S/C25H21N3O8S/c1-12-11-15(7-10-17(12)35-3)20(29)18-19(14-5-8-16(9-6-14)28(33)34)27(23(31)21(18)30)25-26-13(2)22(37-25)24(32)36-4/h5-11,19,29H,1-4H3/t19-/m0/s1. The van der Waals surface area contributed by atoms with Gasteiger partial charge in [-0.05, 0) is 55.3 Å². The SMILES string of the molecule is COC(=O)c1sc(N2C(=O)C(=O)C(=C(O)c3ccc(OC)c(C)c3)[C@@H]2c2ccc([N+](=O)[O-])cc2)nc1C. The number of aromatic nitrogens is 1. The maximum absolute atomic E-state index is 13.3. The predicted molar refractivity (Wildman–Crippen MR) is 134 cm³/mol. The van der Waals surface area contributed by atoms with Crippen LogP contribution in [0.15, 0.2) is 48.0 Å². The Morgan fingerprint density at radius 3 is 2.38 bits per heavy atom. The van der Waals surface area contributed by atoms with E-state index in [1.54, 1.807) is 32.0 Å². The van der Waals surface area contributed by atoms with Crippen LogP contribution >= 0.6 is 11.3 Å². The van der Waals surface area contributed by atoms with Gasteiger partial charge in [0.1, 0.15) is 16.4 Å². The number of benzene rings is 2. The van der Waals surface area contributed by atoms with E-state index in [9.17, 15) is 29.6 Å². The van der Waals surface area contributed by atoms with Crippen LogP contribution in [0.2, 0.25) is 0 Å². The molecule has 1 N–H and O–H groups in total. The number of nitro groups is 1. The van der Waals surface area contributed by atoms with Crippen molar-refractivity contribution in [3.63, 3.8) is 0 Å². The van der Waals surface area contributed by atoms with Gasteiger partial charge in [0, 0.05) is 17.7 Å². The molecule has 0 radical (unpaired) electrons. The lowest BCUT2D eigenvalue weighted by Crippen LogP contribution is -2.29. The summed E-state index contributed by atoms with van der Waals surface area (Å²) in [4.78, 5) is 54.9. The van der Waals surface area contributed by atoms with Crippen LogP contribution in [0.1, 0.15) is 38.1 Å². The Labute approximate surface area is 214 Å². The molecule has 0 aliphatic carbocycles. The van der Waals surface area contributed by atoms with E-state index in [0.29, 0.717) is 22.6 Å². The lowest BCUT2D eigenvalue weighted by Gasteiger charge is -2.23. The highest BCUT2D eigenvalue weighted by molar-refractivity contribution is 7.17. The van der Waals surface area contributed by atoms with Crippen molar-refractivity contribution < 1.29 is 33.9 Å². The second-order valence-electron chi connectivity index (χ2n) is 8.10. The number of non-ortho nitro benzene ring substituents is 1. The summed E-state index contributed by atoms with van der Waals surface area (Å²) in [6, 6.07) is 8.88. The topological polar surface area (TPSA) is 149 Å². The minimum Gasteiger partial charge on any atom is -0.507 e. The average molecular weight is 524 g/mol. The second kappa shape index (κ2) is 9.82. The zero-order valence-electron chi connectivity index (χ0n) is 20.2. The molecule has 190 valence electrons. The lowest BCUT2D eigenvalue weighted by molar-refractivity contribution is -0.384. The fraction of sp³-hybridized carbons (Fsp3) is 0.200. The fourth-order valence-electron chi connectivity index (χ4n) is 4.07. The van der Waals surface area contributed by atoms with E-state index in [1.165, 1.54) is 38.5 Å². The van der Waals surface area contributed by atoms with E-state index in [-0.39, 0.29) is 26.8 Å². The molecule has 0 saturated carbocycles. The van der Waals surface area contributed by atoms with Crippen LogP contribution in [0.3, 0.4) is 0 Å². The Morgan fingerprint density at radius 2 is 1.81 bits per heavy atom. The molecule has 0 spiro atoms. The van der Waals surface area contributed by atoms with Gasteiger partial charge in [-0.1, -0.05) is 11.3 Å². The Hall–Kier alpha value is -4.58. The summed E-state index contributed by atoms with van der Waals surface area (Å²) in [5, 5.41) is 22.5. The molecule has 3 aromatic rings. The Bertz CT molecular complexity index is 1480. The van der Waals surface area contributed by atoms with Crippen LogP contribution in [0, 0.1) is 24.0 Å². The number of nitrogens with zero attached hydrogens (tertiary/aromatic N) is 3. The van der Waals surface area contributed by atoms with Gasteiger partial charge < -0.3 is 14.6 Å². The summed E-state index contributed by atoms with van der Waals surface area (Å²) in [6.45, 7) is 3.32. The molecule has 37 heavy (non-hydrogen) atoms. The predicted octanol–water partition coefficient (Wildman–Crippen LogP) is 4.09. The number of aliphatic hydroxyl groups excluding tert-OH is 1. The molecular formula is C25H21N3O8S. The van der Waals surface area contributed by atoms with Gasteiger partial charge in [-0.15, -0.1) is 0 Å². The molecular weight excluding hydrogens is 502 g/mol. The molecule has 11 nitrogen and oxygen atoms in total. The van der Waals surface area contributed by atoms with Crippen molar-refractivity contribution in [1.29, 1.82) is 0 Å². The molecule has 1 atom stereocenters. The third kappa shape index (κ3) is 4.42. The first-order chi connectivity index (χ1) is 17.6. The number of hydrogen-bond acceptors (Lipinski definition) is 10. The van der Waals surface area contributed by atoms with Crippen molar-refractivity contribution in [2.24, 2.45) is 0 Å². The van der Waals surface area contributed by atoms with Crippen LogP contribution in [-0.4, -0.2) is 46.9 Å². The summed E-state index contributed by atoms with van der Waals surface area (Å²) in [5.41, 5.74) is 1.16. The smallest absolute Gasteiger partial charge is 0.350 e. The molecule has 1 aliphatic heterocycles. The summed E-state index contributed by atoms with van der Waals surface area (Å²) in [5.74, 6) is -2.46. The number of anilines is 1. The average Bonchev–Trinajstić information content (AvgIpc) is 3.39. The Morgan fingerprint density at radius 1 is 1.14 bits per heavy atom. The third-order valence-corrected chi connectivity index (χ3v) is 7.03. The largest absolute Gasteiger partial charge is 0.507 e. The van der Waals surface area contributed by atoms with E-state index < -0.39 is 34.4 Å². The van der Waals surface area contributed by atoms with Crippen LogP contribution in [-0.2, 0) is 14.3 Å². The normalized spacial score (nSPS) is 16.6. The molecule has 0 unspecified atom stereocenters. The molecule has 2 aromatic carbocycles. The van der Waals surface area contributed by atoms with Crippen molar-refractivity contribution in [2.75, 3.05) is 19.1 Å². The number of thiazole rings is 1. The van der Waals surface area contributed by atoms with Crippen LogP contribution in [0.25, 0.3) is 5.76 Å². The first-order valence-electron chi connectivity index (χ1n) is 10.8. The highest BCUT2D eigenvalue weighted by Gasteiger charge is 2.48. The maximum Gasteiger partial charge on any atom is 0.350 e. The van der Waals surface area contributed by atoms with Crippen molar-refractivity contribution in [3.05, 3.63) is 85.4 Å². The zero-order valence-corrected chi connectivity index (χ0v) is 21.0. The van der Waals surface area contributed by atoms with Gasteiger partial charge in [0.15, 0.2) is 5.13 Å². The number of aryl methyl sites for hydroxylation is 2. The minimum atomic E-state index is -1.17. The molecule has 12 heteroatoms. The first kappa shape index (κ1) is 25.5. The third-order valence-electron chi connectivity index (χ3n) is 5.89.